The summed E-state index contributed by atoms with van der Waals surface area (Å²) in [5, 5.41) is 4.43. The Kier molecular flexibility index (Phi) is 5.43. The van der Waals surface area contributed by atoms with Crippen molar-refractivity contribution < 1.29 is 9.53 Å². The molecule has 7 nitrogen and oxygen atoms in total. The van der Waals surface area contributed by atoms with Gasteiger partial charge in [0.1, 0.15) is 6.10 Å². The summed E-state index contributed by atoms with van der Waals surface area (Å²) in [7, 11) is 0. The highest BCUT2D eigenvalue weighted by molar-refractivity contribution is 5.76. The topological polar surface area (TPSA) is 73.1 Å². The summed E-state index contributed by atoms with van der Waals surface area (Å²) < 4.78 is 7.72. The molecule has 0 aromatic carbocycles. The van der Waals surface area contributed by atoms with E-state index in [0.717, 1.165) is 30.0 Å². The van der Waals surface area contributed by atoms with Gasteiger partial charge in [-0.15, -0.1) is 0 Å². The molecule has 0 N–H and O–H groups in total. The monoisotopic (exact) mass is 343 g/mol. The lowest BCUT2D eigenvalue weighted by Crippen LogP contribution is -2.42. The highest BCUT2D eigenvalue weighted by Crippen LogP contribution is 2.20. The molecule has 134 valence electrons. The zero-order valence-corrected chi connectivity index (χ0v) is 15.1. The van der Waals surface area contributed by atoms with Crippen LogP contribution in [0.4, 0.5) is 0 Å². The smallest absolute Gasteiger partial charge is 0.222 e. The van der Waals surface area contributed by atoms with Crippen LogP contribution in [0.3, 0.4) is 0 Å². The third-order valence-electron chi connectivity index (χ3n) is 4.38. The average Bonchev–Trinajstić information content (AvgIpc) is 2.92. The number of amides is 1. The summed E-state index contributed by atoms with van der Waals surface area (Å²) in [6.45, 7) is 8.37. The zero-order chi connectivity index (χ0) is 17.8. The number of rotatable bonds is 5. The lowest BCUT2D eigenvalue weighted by molar-refractivity contribution is -0.139. The minimum absolute atomic E-state index is 0.155. The van der Waals surface area contributed by atoms with Gasteiger partial charge in [-0.2, -0.15) is 5.10 Å². The van der Waals surface area contributed by atoms with Gasteiger partial charge < -0.3 is 9.64 Å². The molecule has 7 heteroatoms. The molecular formula is C18H25N5O2. The zero-order valence-electron chi connectivity index (χ0n) is 15.1. The van der Waals surface area contributed by atoms with Crippen molar-refractivity contribution >= 4 is 5.91 Å². The largest absolute Gasteiger partial charge is 0.367 e. The van der Waals surface area contributed by atoms with Crippen molar-refractivity contribution in [3.05, 3.63) is 41.2 Å². The van der Waals surface area contributed by atoms with Crippen molar-refractivity contribution in [2.45, 2.75) is 46.3 Å². The second-order valence-corrected chi connectivity index (χ2v) is 6.51. The molecule has 2 aromatic heterocycles. The van der Waals surface area contributed by atoms with Crippen molar-refractivity contribution in [2.24, 2.45) is 0 Å². The molecule has 3 heterocycles. The highest BCUT2D eigenvalue weighted by atomic mass is 16.5. The van der Waals surface area contributed by atoms with Crippen LogP contribution in [0.25, 0.3) is 0 Å². The van der Waals surface area contributed by atoms with E-state index in [2.05, 4.69) is 21.1 Å². The molecule has 1 atom stereocenters. The van der Waals surface area contributed by atoms with Crippen molar-refractivity contribution in [3.8, 4) is 0 Å². The lowest BCUT2D eigenvalue weighted by Gasteiger charge is -2.32. The molecule has 3 rings (SSSR count). The molecule has 0 aliphatic carbocycles. The van der Waals surface area contributed by atoms with E-state index in [4.69, 9.17) is 4.74 Å². The molecule has 1 fully saturated rings. The van der Waals surface area contributed by atoms with Gasteiger partial charge in [-0.1, -0.05) is 0 Å². The van der Waals surface area contributed by atoms with Gasteiger partial charge in [0, 0.05) is 37.1 Å². The molecule has 1 amide bonds. The van der Waals surface area contributed by atoms with E-state index in [0.29, 0.717) is 31.9 Å². The van der Waals surface area contributed by atoms with Gasteiger partial charge in [-0.05, 0) is 39.3 Å². The second-order valence-electron chi connectivity index (χ2n) is 6.51. The maximum absolute atomic E-state index is 12.5. The first-order valence-electron chi connectivity index (χ1n) is 8.73. The third-order valence-corrected chi connectivity index (χ3v) is 4.38. The molecule has 1 aliphatic rings. The Bertz CT molecular complexity index is 743. The Morgan fingerprint density at radius 3 is 2.88 bits per heavy atom. The van der Waals surface area contributed by atoms with Gasteiger partial charge in [-0.25, -0.2) is 9.97 Å². The molecule has 2 aromatic rings. The molecule has 0 spiro atoms. The van der Waals surface area contributed by atoms with Gasteiger partial charge in [0.15, 0.2) is 5.82 Å². The van der Waals surface area contributed by atoms with E-state index in [1.807, 2.05) is 36.4 Å². The molecule has 25 heavy (non-hydrogen) atoms. The summed E-state index contributed by atoms with van der Waals surface area (Å²) in [6.07, 6.45) is 2.79. The van der Waals surface area contributed by atoms with E-state index < -0.39 is 0 Å². The SMILES string of the molecule is Cc1ccnc(C2CN(C(=O)CCCn3nc(C)cc3C)CCO2)n1. The number of hydrogen-bond acceptors (Lipinski definition) is 5. The van der Waals surface area contributed by atoms with Crippen LogP contribution < -0.4 is 0 Å². The minimum atomic E-state index is -0.242. The Labute approximate surface area is 148 Å². The van der Waals surface area contributed by atoms with Crippen molar-refractivity contribution in [2.75, 3.05) is 19.7 Å². The van der Waals surface area contributed by atoms with Gasteiger partial charge >= 0.3 is 0 Å². The van der Waals surface area contributed by atoms with Gasteiger partial charge in [0.05, 0.1) is 18.8 Å². The van der Waals surface area contributed by atoms with Crippen LogP contribution in [-0.2, 0) is 16.1 Å². The normalized spacial score (nSPS) is 17.7. The van der Waals surface area contributed by atoms with Gasteiger partial charge in [0.25, 0.3) is 0 Å². The van der Waals surface area contributed by atoms with Crippen LogP contribution in [0, 0.1) is 20.8 Å². The Morgan fingerprint density at radius 2 is 2.16 bits per heavy atom. The summed E-state index contributed by atoms with van der Waals surface area (Å²) in [5.74, 6) is 0.808. The second kappa shape index (κ2) is 7.74. The average molecular weight is 343 g/mol. The predicted molar refractivity (Wildman–Crippen MR) is 93.0 cm³/mol. The minimum Gasteiger partial charge on any atom is -0.367 e. The predicted octanol–water partition coefficient (Wildman–Crippen LogP) is 1.98. The number of hydrogen-bond donors (Lipinski definition) is 0. The summed E-state index contributed by atoms with van der Waals surface area (Å²) in [4.78, 5) is 23.1. The summed E-state index contributed by atoms with van der Waals surface area (Å²) >= 11 is 0. The van der Waals surface area contributed by atoms with E-state index in [-0.39, 0.29) is 12.0 Å². The van der Waals surface area contributed by atoms with E-state index in [9.17, 15) is 4.79 Å². The van der Waals surface area contributed by atoms with Crippen LogP contribution in [-0.4, -0.2) is 50.3 Å². The number of carbonyl (C=O) groups is 1. The molecule has 1 saturated heterocycles. The number of carbonyl (C=O) groups excluding carboxylic acids is 1. The van der Waals surface area contributed by atoms with Crippen LogP contribution in [0.15, 0.2) is 18.3 Å². The summed E-state index contributed by atoms with van der Waals surface area (Å²) in [5.41, 5.74) is 3.05. The first-order chi connectivity index (χ1) is 12.0. The maximum Gasteiger partial charge on any atom is 0.222 e. The molecule has 0 saturated carbocycles. The number of morpholine rings is 1. The Balaban J connectivity index is 1.52. The Morgan fingerprint density at radius 1 is 1.32 bits per heavy atom. The van der Waals surface area contributed by atoms with E-state index in [1.165, 1.54) is 0 Å². The standard InChI is InChI=1S/C18H25N5O2/c1-13-6-7-19-18(20-13)16-12-22(9-10-25-16)17(24)5-4-8-23-15(3)11-14(2)21-23/h6-7,11,16H,4-5,8-10,12H2,1-3H3. The highest BCUT2D eigenvalue weighted by Gasteiger charge is 2.26. The number of aryl methyl sites for hydroxylation is 4. The molecule has 1 unspecified atom stereocenters. The quantitative estimate of drug-likeness (QED) is 0.830. The Hall–Kier alpha value is -2.28. The van der Waals surface area contributed by atoms with Gasteiger partial charge in [0.2, 0.25) is 5.91 Å². The van der Waals surface area contributed by atoms with Crippen LogP contribution in [0.2, 0.25) is 0 Å². The fourth-order valence-electron chi connectivity index (χ4n) is 3.09. The fraction of sp³-hybridized carbons (Fsp3) is 0.556. The third kappa shape index (κ3) is 4.42. The number of aromatic nitrogens is 4. The first-order valence-corrected chi connectivity index (χ1v) is 8.73. The fourth-order valence-corrected chi connectivity index (χ4v) is 3.09. The number of ether oxygens (including phenoxy) is 1. The van der Waals surface area contributed by atoms with Gasteiger partial charge in [-0.3, -0.25) is 9.48 Å². The van der Waals surface area contributed by atoms with Crippen LogP contribution in [0.5, 0.6) is 0 Å². The molecule has 1 aliphatic heterocycles. The van der Waals surface area contributed by atoms with Crippen LogP contribution >= 0.6 is 0 Å². The molecule has 0 bridgehead atoms. The van der Waals surface area contributed by atoms with Crippen molar-refractivity contribution in [1.82, 2.24) is 24.6 Å². The van der Waals surface area contributed by atoms with E-state index in [1.54, 1.807) is 6.20 Å². The van der Waals surface area contributed by atoms with E-state index >= 15 is 0 Å². The molecule has 0 radical (unpaired) electrons. The number of nitrogens with zero attached hydrogens (tertiary/aromatic N) is 5. The maximum atomic E-state index is 12.5. The molecular weight excluding hydrogens is 318 g/mol. The first kappa shape index (κ1) is 17.5. The summed E-state index contributed by atoms with van der Waals surface area (Å²) in [6, 6.07) is 3.91. The van der Waals surface area contributed by atoms with Crippen LogP contribution in [0.1, 0.15) is 41.9 Å². The van der Waals surface area contributed by atoms with Crippen molar-refractivity contribution in [3.63, 3.8) is 0 Å². The lowest BCUT2D eigenvalue weighted by atomic mass is 10.2. The van der Waals surface area contributed by atoms with Crippen molar-refractivity contribution in [1.29, 1.82) is 0 Å².